The van der Waals surface area contributed by atoms with Crippen molar-refractivity contribution in [2.24, 2.45) is 0 Å². The average molecular weight is 378 g/mol. The van der Waals surface area contributed by atoms with Crippen LogP contribution in [0.1, 0.15) is 22.4 Å². The van der Waals surface area contributed by atoms with Crippen LogP contribution in [0.25, 0.3) is 10.6 Å². The van der Waals surface area contributed by atoms with Crippen molar-refractivity contribution in [1.82, 2.24) is 14.8 Å². The Morgan fingerprint density at radius 2 is 1.56 bits per heavy atom. The molecule has 3 nitrogen and oxygen atoms in total. The highest BCUT2D eigenvalue weighted by molar-refractivity contribution is 7.13. The molecule has 2 heterocycles. The van der Waals surface area contributed by atoms with Crippen LogP contribution in [0.15, 0.2) is 53.9 Å². The monoisotopic (exact) mass is 377 g/mol. The maximum atomic E-state index is 4.87. The number of hydrogen-bond acceptors (Lipinski definition) is 4. The number of nitrogens with zero attached hydrogens (tertiary/aromatic N) is 3. The standard InChI is InChI=1S/C23H27N3S/c1-18-6-8-20(9-7-18)15-25-10-12-26(13-11-25)16-22-17-27-23(24-22)21-5-3-4-19(2)14-21/h3-9,14,17H,10-13,15-16H2,1-2H3. The van der Waals surface area contributed by atoms with Crippen LogP contribution in [0, 0.1) is 13.8 Å². The molecule has 1 aliphatic heterocycles. The van der Waals surface area contributed by atoms with E-state index in [1.54, 1.807) is 11.3 Å². The molecule has 1 fully saturated rings. The van der Waals surface area contributed by atoms with E-state index in [4.69, 9.17) is 4.98 Å². The van der Waals surface area contributed by atoms with Gasteiger partial charge in [0.15, 0.2) is 0 Å². The largest absolute Gasteiger partial charge is 0.297 e. The zero-order chi connectivity index (χ0) is 18.6. The van der Waals surface area contributed by atoms with Crippen molar-refractivity contribution in [1.29, 1.82) is 0 Å². The molecule has 0 aliphatic carbocycles. The lowest BCUT2D eigenvalue weighted by atomic mass is 10.1. The molecule has 27 heavy (non-hydrogen) atoms. The molecular weight excluding hydrogens is 350 g/mol. The molecule has 0 radical (unpaired) electrons. The van der Waals surface area contributed by atoms with Gasteiger partial charge in [0.05, 0.1) is 5.69 Å². The summed E-state index contributed by atoms with van der Waals surface area (Å²) >= 11 is 1.76. The number of thiazole rings is 1. The normalized spacial score (nSPS) is 15.9. The highest BCUT2D eigenvalue weighted by Crippen LogP contribution is 2.25. The molecule has 1 aromatic heterocycles. The number of benzene rings is 2. The Bertz CT molecular complexity index is 877. The van der Waals surface area contributed by atoms with Gasteiger partial charge in [-0.3, -0.25) is 9.80 Å². The lowest BCUT2D eigenvalue weighted by Crippen LogP contribution is -2.45. The Labute approximate surface area is 166 Å². The fourth-order valence-electron chi connectivity index (χ4n) is 3.58. The zero-order valence-corrected chi connectivity index (χ0v) is 17.0. The molecule has 1 aliphatic rings. The van der Waals surface area contributed by atoms with Crippen molar-refractivity contribution >= 4 is 11.3 Å². The van der Waals surface area contributed by atoms with Crippen molar-refractivity contribution in [3.05, 3.63) is 76.3 Å². The predicted octanol–water partition coefficient (Wildman–Crippen LogP) is 4.74. The van der Waals surface area contributed by atoms with Gasteiger partial charge in [-0.05, 0) is 25.5 Å². The van der Waals surface area contributed by atoms with E-state index in [-0.39, 0.29) is 0 Å². The fraction of sp³-hybridized carbons (Fsp3) is 0.348. The van der Waals surface area contributed by atoms with Gasteiger partial charge < -0.3 is 0 Å². The maximum Gasteiger partial charge on any atom is 0.123 e. The molecule has 0 saturated carbocycles. The van der Waals surface area contributed by atoms with Crippen molar-refractivity contribution in [3.8, 4) is 10.6 Å². The number of rotatable bonds is 5. The van der Waals surface area contributed by atoms with Crippen LogP contribution in [-0.4, -0.2) is 41.0 Å². The van der Waals surface area contributed by atoms with Crippen LogP contribution in [0.4, 0.5) is 0 Å². The van der Waals surface area contributed by atoms with Crippen molar-refractivity contribution < 1.29 is 0 Å². The summed E-state index contributed by atoms with van der Waals surface area (Å²) in [5, 5.41) is 3.35. The molecular formula is C23H27N3S. The van der Waals surface area contributed by atoms with E-state index in [0.29, 0.717) is 0 Å². The summed E-state index contributed by atoms with van der Waals surface area (Å²) in [5.41, 5.74) is 6.46. The van der Waals surface area contributed by atoms with E-state index in [1.165, 1.54) is 27.9 Å². The number of aromatic nitrogens is 1. The minimum atomic E-state index is 0.959. The van der Waals surface area contributed by atoms with Crippen LogP contribution in [0.3, 0.4) is 0 Å². The number of hydrogen-bond donors (Lipinski definition) is 0. The highest BCUT2D eigenvalue weighted by Gasteiger charge is 2.18. The summed E-state index contributed by atoms with van der Waals surface area (Å²) in [4.78, 5) is 9.96. The predicted molar refractivity (Wildman–Crippen MR) is 114 cm³/mol. The highest BCUT2D eigenvalue weighted by atomic mass is 32.1. The van der Waals surface area contributed by atoms with Crippen LogP contribution in [0.2, 0.25) is 0 Å². The van der Waals surface area contributed by atoms with E-state index in [9.17, 15) is 0 Å². The Kier molecular flexibility index (Phi) is 5.67. The molecule has 0 bridgehead atoms. The molecule has 4 rings (SSSR count). The van der Waals surface area contributed by atoms with Gasteiger partial charge in [0, 0.05) is 50.2 Å². The SMILES string of the molecule is Cc1ccc(CN2CCN(Cc3csc(-c4cccc(C)c4)n3)CC2)cc1. The lowest BCUT2D eigenvalue weighted by molar-refractivity contribution is 0.121. The van der Waals surface area contributed by atoms with E-state index in [1.807, 2.05) is 0 Å². The molecule has 1 saturated heterocycles. The quantitative estimate of drug-likeness (QED) is 0.640. The summed E-state index contributed by atoms with van der Waals surface area (Å²) in [6, 6.07) is 17.5. The average Bonchev–Trinajstić information content (AvgIpc) is 3.14. The third kappa shape index (κ3) is 4.83. The summed E-state index contributed by atoms with van der Waals surface area (Å²) < 4.78 is 0. The molecule has 0 atom stereocenters. The summed E-state index contributed by atoms with van der Waals surface area (Å²) in [6.45, 7) is 10.8. The minimum Gasteiger partial charge on any atom is -0.297 e. The van der Waals surface area contributed by atoms with Crippen molar-refractivity contribution in [2.75, 3.05) is 26.2 Å². The van der Waals surface area contributed by atoms with Gasteiger partial charge in [0.25, 0.3) is 0 Å². The Balaban J connectivity index is 1.30. The molecule has 0 N–H and O–H groups in total. The molecule has 140 valence electrons. The van der Waals surface area contributed by atoms with Crippen molar-refractivity contribution in [2.45, 2.75) is 26.9 Å². The molecule has 0 spiro atoms. The summed E-state index contributed by atoms with van der Waals surface area (Å²) in [5.74, 6) is 0. The van der Waals surface area contributed by atoms with Gasteiger partial charge in [-0.25, -0.2) is 4.98 Å². The Morgan fingerprint density at radius 3 is 2.26 bits per heavy atom. The first-order valence-corrected chi connectivity index (χ1v) is 10.6. The first-order valence-electron chi connectivity index (χ1n) is 9.67. The first kappa shape index (κ1) is 18.4. The second kappa shape index (κ2) is 8.34. The van der Waals surface area contributed by atoms with Gasteiger partial charge >= 0.3 is 0 Å². The molecule has 4 heteroatoms. The van der Waals surface area contributed by atoms with Crippen molar-refractivity contribution in [3.63, 3.8) is 0 Å². The second-order valence-corrected chi connectivity index (χ2v) is 8.41. The van der Waals surface area contributed by atoms with Gasteiger partial charge in [0.2, 0.25) is 0 Å². The smallest absolute Gasteiger partial charge is 0.123 e. The van der Waals surface area contributed by atoms with Gasteiger partial charge in [0.1, 0.15) is 5.01 Å². The third-order valence-electron chi connectivity index (χ3n) is 5.19. The minimum absolute atomic E-state index is 0.959. The second-order valence-electron chi connectivity index (χ2n) is 7.55. The van der Waals surface area contributed by atoms with Gasteiger partial charge in [-0.1, -0.05) is 53.6 Å². The van der Waals surface area contributed by atoms with Gasteiger partial charge in [-0.15, -0.1) is 11.3 Å². The number of aryl methyl sites for hydroxylation is 2. The van der Waals surface area contributed by atoms with E-state index in [2.05, 4.69) is 77.6 Å². The first-order chi connectivity index (χ1) is 13.2. The molecule has 3 aromatic rings. The Morgan fingerprint density at radius 1 is 0.852 bits per heavy atom. The van der Waals surface area contributed by atoms with Crippen LogP contribution >= 0.6 is 11.3 Å². The fourth-order valence-corrected chi connectivity index (χ4v) is 4.38. The lowest BCUT2D eigenvalue weighted by Gasteiger charge is -2.34. The van der Waals surface area contributed by atoms with Crippen LogP contribution in [0.5, 0.6) is 0 Å². The summed E-state index contributed by atoms with van der Waals surface area (Å²) in [6.07, 6.45) is 0. The zero-order valence-electron chi connectivity index (χ0n) is 16.2. The summed E-state index contributed by atoms with van der Waals surface area (Å²) in [7, 11) is 0. The topological polar surface area (TPSA) is 19.4 Å². The maximum absolute atomic E-state index is 4.87. The van der Waals surface area contributed by atoms with E-state index >= 15 is 0 Å². The third-order valence-corrected chi connectivity index (χ3v) is 6.13. The number of piperazine rings is 1. The molecule has 0 unspecified atom stereocenters. The van der Waals surface area contributed by atoms with E-state index in [0.717, 1.165) is 44.3 Å². The van der Waals surface area contributed by atoms with Gasteiger partial charge in [-0.2, -0.15) is 0 Å². The molecule has 2 aromatic carbocycles. The van der Waals surface area contributed by atoms with Crippen LogP contribution < -0.4 is 0 Å². The van der Waals surface area contributed by atoms with Crippen LogP contribution in [-0.2, 0) is 13.1 Å². The Hall–Kier alpha value is -2.01. The van der Waals surface area contributed by atoms with E-state index < -0.39 is 0 Å². The molecule has 0 amide bonds.